The van der Waals surface area contributed by atoms with Gasteiger partial charge in [-0.05, 0) is 49.5 Å². The van der Waals surface area contributed by atoms with Gasteiger partial charge >= 0.3 is 0 Å². The van der Waals surface area contributed by atoms with E-state index in [0.717, 1.165) is 31.8 Å². The highest BCUT2D eigenvalue weighted by Crippen LogP contribution is 2.23. The first-order valence-corrected chi connectivity index (χ1v) is 9.17. The average Bonchev–Trinajstić information content (AvgIpc) is 3.01. The van der Waals surface area contributed by atoms with E-state index in [2.05, 4.69) is 40.6 Å². The standard InChI is InChI=1S/C19H27N5O2/c1-13(2)15-5-4-6-16(11-15)26-12-17(25)21-19-22-18(23-24(19)3)14-7-9-20-10-8-14/h4-6,11,13-14,20H,7-10,12H2,1-3H3,(H,21,22,23,25). The summed E-state index contributed by atoms with van der Waals surface area (Å²) in [6.07, 6.45) is 2.04. The molecule has 0 radical (unpaired) electrons. The van der Waals surface area contributed by atoms with Crippen LogP contribution in [0.25, 0.3) is 0 Å². The van der Waals surface area contributed by atoms with Crippen molar-refractivity contribution >= 4 is 11.9 Å². The molecule has 1 amide bonds. The molecule has 2 aromatic rings. The molecule has 0 saturated carbocycles. The topological polar surface area (TPSA) is 81.1 Å². The van der Waals surface area contributed by atoms with Gasteiger partial charge in [-0.3, -0.25) is 10.1 Å². The number of aryl methyl sites for hydroxylation is 1. The highest BCUT2D eigenvalue weighted by Gasteiger charge is 2.21. The van der Waals surface area contributed by atoms with Crippen LogP contribution in [-0.4, -0.2) is 40.4 Å². The van der Waals surface area contributed by atoms with Gasteiger partial charge in [-0.25, -0.2) is 4.68 Å². The number of benzene rings is 1. The summed E-state index contributed by atoms with van der Waals surface area (Å²) in [5.41, 5.74) is 1.18. The lowest BCUT2D eigenvalue weighted by Crippen LogP contribution is -2.27. The van der Waals surface area contributed by atoms with Gasteiger partial charge in [-0.1, -0.05) is 26.0 Å². The number of nitrogens with one attached hydrogen (secondary N) is 2. The maximum atomic E-state index is 12.2. The molecule has 0 unspecified atom stereocenters. The Hall–Kier alpha value is -2.41. The van der Waals surface area contributed by atoms with E-state index in [-0.39, 0.29) is 12.5 Å². The summed E-state index contributed by atoms with van der Waals surface area (Å²) in [6.45, 7) is 6.15. The number of hydrogen-bond donors (Lipinski definition) is 2. The van der Waals surface area contributed by atoms with Gasteiger partial charge in [0.1, 0.15) is 5.75 Å². The molecular formula is C19H27N5O2. The van der Waals surface area contributed by atoms with Gasteiger partial charge in [0.2, 0.25) is 5.95 Å². The first kappa shape index (κ1) is 18.4. The van der Waals surface area contributed by atoms with E-state index in [1.54, 1.807) is 11.7 Å². The average molecular weight is 357 g/mol. The summed E-state index contributed by atoms with van der Waals surface area (Å²) in [7, 11) is 1.79. The molecule has 1 saturated heterocycles. The number of carbonyl (C=O) groups is 1. The lowest BCUT2D eigenvalue weighted by atomic mass is 9.98. The highest BCUT2D eigenvalue weighted by atomic mass is 16.5. The van der Waals surface area contributed by atoms with Crippen LogP contribution in [-0.2, 0) is 11.8 Å². The van der Waals surface area contributed by atoms with Crippen LogP contribution >= 0.6 is 0 Å². The minimum absolute atomic E-state index is 0.0584. The Morgan fingerprint density at radius 3 is 2.88 bits per heavy atom. The predicted molar refractivity (Wildman–Crippen MR) is 101 cm³/mol. The Balaban J connectivity index is 1.56. The number of carbonyl (C=O) groups excluding carboxylic acids is 1. The summed E-state index contributed by atoms with van der Waals surface area (Å²) in [6, 6.07) is 7.82. The molecule has 1 aromatic carbocycles. The van der Waals surface area contributed by atoms with Crippen molar-refractivity contribution in [3.8, 4) is 5.75 Å². The highest BCUT2D eigenvalue weighted by molar-refractivity contribution is 5.90. The molecule has 2 heterocycles. The lowest BCUT2D eigenvalue weighted by Gasteiger charge is -2.19. The number of anilines is 1. The molecule has 26 heavy (non-hydrogen) atoms. The second kappa shape index (κ2) is 8.31. The van der Waals surface area contributed by atoms with Crippen molar-refractivity contribution in [1.29, 1.82) is 0 Å². The Bertz CT molecular complexity index is 750. The molecule has 7 nitrogen and oxygen atoms in total. The van der Waals surface area contributed by atoms with Crippen molar-refractivity contribution in [1.82, 2.24) is 20.1 Å². The molecular weight excluding hydrogens is 330 g/mol. The summed E-state index contributed by atoms with van der Waals surface area (Å²) in [4.78, 5) is 16.7. The van der Waals surface area contributed by atoms with Gasteiger partial charge in [0, 0.05) is 13.0 Å². The van der Waals surface area contributed by atoms with Gasteiger partial charge in [0.05, 0.1) is 0 Å². The smallest absolute Gasteiger partial charge is 0.264 e. The molecule has 0 atom stereocenters. The minimum Gasteiger partial charge on any atom is -0.484 e. The van der Waals surface area contributed by atoms with Gasteiger partial charge in [0.15, 0.2) is 12.4 Å². The summed E-state index contributed by atoms with van der Waals surface area (Å²) in [5.74, 6) is 2.48. The number of aromatic nitrogens is 3. The van der Waals surface area contributed by atoms with Gasteiger partial charge in [-0.15, -0.1) is 0 Å². The number of nitrogens with zero attached hydrogens (tertiary/aromatic N) is 3. The number of piperidine rings is 1. The molecule has 0 spiro atoms. The van der Waals surface area contributed by atoms with E-state index in [0.29, 0.717) is 23.5 Å². The van der Waals surface area contributed by atoms with Crippen molar-refractivity contribution in [3.63, 3.8) is 0 Å². The zero-order chi connectivity index (χ0) is 18.5. The summed E-state index contributed by atoms with van der Waals surface area (Å²) in [5, 5.41) is 10.6. The molecule has 2 N–H and O–H groups in total. The van der Waals surface area contributed by atoms with E-state index in [4.69, 9.17) is 4.74 Å². The van der Waals surface area contributed by atoms with Crippen LogP contribution in [0.2, 0.25) is 0 Å². The summed E-state index contributed by atoms with van der Waals surface area (Å²) < 4.78 is 7.24. The second-order valence-corrected chi connectivity index (χ2v) is 7.01. The van der Waals surface area contributed by atoms with Gasteiger partial charge < -0.3 is 10.1 Å². The first-order chi connectivity index (χ1) is 12.5. The fraction of sp³-hybridized carbons (Fsp3) is 0.526. The maximum absolute atomic E-state index is 12.2. The fourth-order valence-corrected chi connectivity index (χ4v) is 3.04. The molecule has 7 heteroatoms. The molecule has 1 aliphatic rings. The molecule has 0 aliphatic carbocycles. The van der Waals surface area contributed by atoms with Crippen LogP contribution < -0.4 is 15.4 Å². The maximum Gasteiger partial charge on any atom is 0.264 e. The number of hydrogen-bond acceptors (Lipinski definition) is 5. The van der Waals surface area contributed by atoms with Crippen LogP contribution in [0, 0.1) is 0 Å². The lowest BCUT2D eigenvalue weighted by molar-refractivity contribution is -0.118. The Labute approximate surface area is 154 Å². The van der Waals surface area contributed by atoms with Crippen molar-refractivity contribution in [2.75, 3.05) is 25.0 Å². The Kier molecular flexibility index (Phi) is 5.88. The normalized spacial score (nSPS) is 15.2. The van der Waals surface area contributed by atoms with E-state index >= 15 is 0 Å². The van der Waals surface area contributed by atoms with Crippen molar-refractivity contribution in [2.45, 2.75) is 38.5 Å². The molecule has 3 rings (SSSR count). The zero-order valence-electron chi connectivity index (χ0n) is 15.7. The predicted octanol–water partition coefficient (Wildman–Crippen LogP) is 2.42. The van der Waals surface area contributed by atoms with Crippen LogP contribution in [0.1, 0.15) is 49.9 Å². The van der Waals surface area contributed by atoms with Crippen molar-refractivity contribution in [2.24, 2.45) is 7.05 Å². The third kappa shape index (κ3) is 4.60. The number of rotatable bonds is 6. The zero-order valence-corrected chi connectivity index (χ0v) is 15.7. The van der Waals surface area contributed by atoms with E-state index in [1.165, 1.54) is 5.56 Å². The second-order valence-electron chi connectivity index (χ2n) is 7.01. The van der Waals surface area contributed by atoms with Gasteiger partial charge in [0.25, 0.3) is 5.91 Å². The number of ether oxygens (including phenoxy) is 1. The fourth-order valence-electron chi connectivity index (χ4n) is 3.04. The third-order valence-electron chi connectivity index (χ3n) is 4.63. The van der Waals surface area contributed by atoms with E-state index in [9.17, 15) is 4.79 Å². The molecule has 0 bridgehead atoms. The largest absolute Gasteiger partial charge is 0.484 e. The summed E-state index contributed by atoms with van der Waals surface area (Å²) >= 11 is 0. The molecule has 140 valence electrons. The van der Waals surface area contributed by atoms with E-state index in [1.807, 2.05) is 18.2 Å². The van der Waals surface area contributed by atoms with Crippen LogP contribution in [0.15, 0.2) is 24.3 Å². The van der Waals surface area contributed by atoms with Crippen molar-refractivity contribution in [3.05, 3.63) is 35.7 Å². The Morgan fingerprint density at radius 1 is 1.38 bits per heavy atom. The first-order valence-electron chi connectivity index (χ1n) is 9.17. The van der Waals surface area contributed by atoms with E-state index < -0.39 is 0 Å². The quantitative estimate of drug-likeness (QED) is 0.830. The minimum atomic E-state index is -0.243. The molecule has 1 fully saturated rings. The Morgan fingerprint density at radius 2 is 2.15 bits per heavy atom. The van der Waals surface area contributed by atoms with Crippen molar-refractivity contribution < 1.29 is 9.53 Å². The monoisotopic (exact) mass is 357 g/mol. The van der Waals surface area contributed by atoms with Crippen LogP contribution in [0.4, 0.5) is 5.95 Å². The number of amides is 1. The molecule has 1 aliphatic heterocycles. The van der Waals surface area contributed by atoms with Crippen LogP contribution in [0.3, 0.4) is 0 Å². The van der Waals surface area contributed by atoms with Gasteiger partial charge in [-0.2, -0.15) is 10.1 Å². The third-order valence-corrected chi connectivity index (χ3v) is 4.63. The molecule has 1 aromatic heterocycles. The van der Waals surface area contributed by atoms with Crippen LogP contribution in [0.5, 0.6) is 5.75 Å². The SMILES string of the molecule is CC(C)c1cccc(OCC(=O)Nc2nc(C3CCNCC3)nn2C)c1.